The van der Waals surface area contributed by atoms with E-state index in [0.29, 0.717) is 12.5 Å². The molecule has 2 N–H and O–H groups in total. The van der Waals surface area contributed by atoms with Gasteiger partial charge in [-0.1, -0.05) is 72.8 Å². The molecule has 34 heavy (non-hydrogen) atoms. The smallest absolute Gasteiger partial charge is 0.116 e. The highest BCUT2D eigenvalue weighted by molar-refractivity contribution is 5.99. The average Bonchev–Trinajstić information content (AvgIpc) is 2.87. The molecular formula is C31H35NO2. The number of rotatable bonds is 8. The van der Waals surface area contributed by atoms with Crippen LogP contribution in [0.1, 0.15) is 55.4 Å². The van der Waals surface area contributed by atoms with Gasteiger partial charge < -0.3 is 10.2 Å². The fraction of sp³-hybridized carbons (Fsp3) is 0.290. The Morgan fingerprint density at radius 1 is 0.882 bits per heavy atom. The minimum atomic E-state index is 0.143. The predicted octanol–water partition coefficient (Wildman–Crippen LogP) is 6.62. The van der Waals surface area contributed by atoms with Crippen LogP contribution in [0, 0.1) is 0 Å². The van der Waals surface area contributed by atoms with Gasteiger partial charge in [-0.2, -0.15) is 0 Å². The highest BCUT2D eigenvalue weighted by Crippen LogP contribution is 2.37. The van der Waals surface area contributed by atoms with Crippen molar-refractivity contribution in [3.05, 3.63) is 107 Å². The quantitative estimate of drug-likeness (QED) is 0.377. The maximum absolute atomic E-state index is 10.2. The monoisotopic (exact) mass is 453 g/mol. The molecule has 0 bridgehead atoms. The van der Waals surface area contributed by atoms with Gasteiger partial charge in [0.2, 0.25) is 0 Å². The first kappa shape index (κ1) is 24.0. The Morgan fingerprint density at radius 3 is 2.24 bits per heavy atom. The summed E-state index contributed by atoms with van der Waals surface area (Å²) in [5.41, 5.74) is 8.21. The Balaban J connectivity index is 1.77. The lowest BCUT2D eigenvalue weighted by atomic mass is 9.86. The van der Waals surface area contributed by atoms with E-state index in [2.05, 4.69) is 67.3 Å². The second-order valence-electron chi connectivity index (χ2n) is 9.24. The molecule has 0 radical (unpaired) electrons. The van der Waals surface area contributed by atoms with Gasteiger partial charge in [-0.05, 0) is 84.2 Å². The fourth-order valence-corrected chi connectivity index (χ4v) is 4.75. The van der Waals surface area contributed by atoms with Crippen LogP contribution >= 0.6 is 0 Å². The number of hydrogen-bond acceptors (Lipinski definition) is 3. The summed E-state index contributed by atoms with van der Waals surface area (Å²) in [6.07, 6.45) is 4.87. The zero-order chi connectivity index (χ0) is 23.9. The van der Waals surface area contributed by atoms with E-state index in [-0.39, 0.29) is 12.4 Å². The minimum Gasteiger partial charge on any atom is -0.508 e. The molecule has 0 spiro atoms. The summed E-state index contributed by atoms with van der Waals surface area (Å²) in [5.74, 6) is 0.253. The van der Waals surface area contributed by atoms with Crippen molar-refractivity contribution in [3.63, 3.8) is 0 Å². The number of aliphatic hydroxyl groups is 1. The lowest BCUT2D eigenvalue weighted by molar-refractivity contribution is 0.245. The number of phenols is 1. The van der Waals surface area contributed by atoms with Gasteiger partial charge in [0.15, 0.2) is 0 Å². The summed E-state index contributed by atoms with van der Waals surface area (Å²) in [6.45, 7) is 6.75. The molecule has 0 saturated heterocycles. The zero-order valence-corrected chi connectivity index (χ0v) is 20.2. The van der Waals surface area contributed by atoms with Gasteiger partial charge >= 0.3 is 0 Å². The third-order valence-corrected chi connectivity index (χ3v) is 6.66. The van der Waals surface area contributed by atoms with Gasteiger partial charge in [0, 0.05) is 25.7 Å². The topological polar surface area (TPSA) is 43.7 Å². The van der Waals surface area contributed by atoms with Crippen molar-refractivity contribution in [2.24, 2.45) is 0 Å². The van der Waals surface area contributed by atoms with Crippen LogP contribution in [-0.2, 0) is 0 Å². The Kier molecular flexibility index (Phi) is 7.99. The van der Waals surface area contributed by atoms with Crippen molar-refractivity contribution in [1.82, 2.24) is 4.90 Å². The van der Waals surface area contributed by atoms with E-state index in [4.69, 9.17) is 0 Å². The van der Waals surface area contributed by atoms with Gasteiger partial charge in [0.05, 0.1) is 0 Å². The van der Waals surface area contributed by atoms with Crippen molar-refractivity contribution in [3.8, 4) is 5.75 Å². The first-order valence-electron chi connectivity index (χ1n) is 12.3. The van der Waals surface area contributed by atoms with Crippen LogP contribution in [0.4, 0.5) is 0 Å². The van der Waals surface area contributed by atoms with Crippen LogP contribution in [0.15, 0.2) is 84.9 Å². The molecule has 0 aromatic heterocycles. The molecule has 0 amide bonds. The van der Waals surface area contributed by atoms with Crippen molar-refractivity contribution >= 4 is 16.7 Å². The number of aromatic hydroxyl groups is 1. The zero-order valence-electron chi connectivity index (χ0n) is 20.2. The summed E-state index contributed by atoms with van der Waals surface area (Å²) >= 11 is 0. The highest BCUT2D eigenvalue weighted by atomic mass is 16.3. The summed E-state index contributed by atoms with van der Waals surface area (Å²) in [7, 11) is 0. The fourth-order valence-electron chi connectivity index (χ4n) is 4.75. The molecule has 3 heteroatoms. The van der Waals surface area contributed by atoms with E-state index in [0.717, 1.165) is 48.2 Å². The number of nitrogens with zero attached hydrogens (tertiary/aromatic N) is 1. The highest BCUT2D eigenvalue weighted by Gasteiger charge is 2.17. The molecule has 0 saturated carbocycles. The van der Waals surface area contributed by atoms with Crippen LogP contribution < -0.4 is 0 Å². The number of phenolic OH excluding ortho intramolecular Hbond substituents is 1. The Labute approximate surface area is 203 Å². The van der Waals surface area contributed by atoms with E-state index in [1.54, 1.807) is 6.07 Å². The lowest BCUT2D eigenvalue weighted by Crippen LogP contribution is -2.34. The maximum Gasteiger partial charge on any atom is 0.116 e. The van der Waals surface area contributed by atoms with Crippen LogP contribution in [-0.4, -0.2) is 40.9 Å². The summed E-state index contributed by atoms with van der Waals surface area (Å²) in [6, 6.07) is 27.3. The molecule has 0 atom stereocenters. The van der Waals surface area contributed by atoms with Gasteiger partial charge in [-0.3, -0.25) is 4.90 Å². The van der Waals surface area contributed by atoms with Crippen molar-refractivity contribution < 1.29 is 10.2 Å². The largest absolute Gasteiger partial charge is 0.508 e. The third-order valence-electron chi connectivity index (χ3n) is 6.66. The molecule has 1 heterocycles. The molecule has 1 aliphatic rings. The summed E-state index contributed by atoms with van der Waals surface area (Å²) in [5, 5.41) is 19.8. The van der Waals surface area contributed by atoms with E-state index in [1.165, 1.54) is 16.7 Å². The molecule has 1 aliphatic heterocycles. The van der Waals surface area contributed by atoms with Crippen molar-refractivity contribution in [2.45, 2.75) is 39.2 Å². The number of allylic oxidation sites excluding steroid dienone is 1. The number of hydrogen-bond donors (Lipinski definition) is 2. The SMILES string of the molecule is CC(C)N1CC=C(c2ccc(/C(=C(/CCCO)c3ccccc3)c3cccc(O)c3)cc2)CC1. The maximum atomic E-state index is 10.2. The average molecular weight is 454 g/mol. The predicted molar refractivity (Wildman–Crippen MR) is 143 cm³/mol. The first-order chi connectivity index (χ1) is 16.6. The molecule has 0 unspecified atom stereocenters. The molecule has 3 aromatic carbocycles. The van der Waals surface area contributed by atoms with Crippen LogP contribution in [0.5, 0.6) is 5.75 Å². The van der Waals surface area contributed by atoms with Gasteiger partial charge in [0.1, 0.15) is 5.75 Å². The second-order valence-corrected chi connectivity index (χ2v) is 9.24. The molecule has 3 aromatic rings. The van der Waals surface area contributed by atoms with E-state index in [1.807, 2.05) is 30.3 Å². The van der Waals surface area contributed by atoms with Crippen LogP contribution in [0.3, 0.4) is 0 Å². The molecular weight excluding hydrogens is 418 g/mol. The molecule has 0 fully saturated rings. The standard InChI is InChI=1S/C31H35NO2/c1-23(2)32-19-17-25(18-20-32)24-13-15-27(16-14-24)31(28-10-6-11-29(34)22-28)30(12-7-21-33)26-8-4-3-5-9-26/h3-6,8-11,13-17,22-23,33-34H,7,12,18-21H2,1-2H3/b31-30+. The van der Waals surface area contributed by atoms with Crippen LogP contribution in [0.2, 0.25) is 0 Å². The normalized spacial score (nSPS) is 15.2. The molecule has 0 aliphatic carbocycles. The molecule has 3 nitrogen and oxygen atoms in total. The Hall–Kier alpha value is -3.14. The Bertz CT molecular complexity index is 1140. The van der Waals surface area contributed by atoms with Crippen LogP contribution in [0.25, 0.3) is 16.7 Å². The molecule has 4 rings (SSSR count). The number of benzene rings is 3. The van der Waals surface area contributed by atoms with E-state index in [9.17, 15) is 10.2 Å². The molecule has 176 valence electrons. The van der Waals surface area contributed by atoms with E-state index < -0.39 is 0 Å². The third kappa shape index (κ3) is 5.67. The minimum absolute atomic E-state index is 0.143. The summed E-state index contributed by atoms with van der Waals surface area (Å²) < 4.78 is 0. The number of aliphatic hydroxyl groups excluding tert-OH is 1. The summed E-state index contributed by atoms with van der Waals surface area (Å²) in [4.78, 5) is 2.49. The van der Waals surface area contributed by atoms with Gasteiger partial charge in [-0.15, -0.1) is 0 Å². The Morgan fingerprint density at radius 2 is 1.62 bits per heavy atom. The van der Waals surface area contributed by atoms with Gasteiger partial charge in [-0.25, -0.2) is 0 Å². The second kappa shape index (κ2) is 11.3. The first-order valence-corrected chi connectivity index (χ1v) is 12.3. The lowest BCUT2D eigenvalue weighted by Gasteiger charge is -2.29. The van der Waals surface area contributed by atoms with Crippen molar-refractivity contribution in [2.75, 3.05) is 19.7 Å². The van der Waals surface area contributed by atoms with Gasteiger partial charge in [0.25, 0.3) is 0 Å². The van der Waals surface area contributed by atoms with E-state index >= 15 is 0 Å². The van der Waals surface area contributed by atoms with Crippen molar-refractivity contribution in [1.29, 1.82) is 0 Å².